The minimum Gasteiger partial charge on any atom is -0.507 e. The first-order valence-electron chi connectivity index (χ1n) is 8.10. The number of nitrogens with zero attached hydrogens (tertiary/aromatic N) is 1. The first-order valence-corrected chi connectivity index (χ1v) is 8.89. The Labute approximate surface area is 159 Å². The first kappa shape index (κ1) is 17.9. The van der Waals surface area contributed by atoms with Gasteiger partial charge in [0.25, 0.3) is 5.91 Å². The lowest BCUT2D eigenvalue weighted by Crippen LogP contribution is -2.34. The number of hydrazone groups is 1. The van der Waals surface area contributed by atoms with Crippen LogP contribution in [-0.4, -0.2) is 23.3 Å². The molecule has 1 atom stereocenters. The highest BCUT2D eigenvalue weighted by molar-refractivity contribution is 9.10. The number of hydrogen-bond acceptors (Lipinski definition) is 4. The van der Waals surface area contributed by atoms with Crippen LogP contribution in [0.25, 0.3) is 10.8 Å². The van der Waals surface area contributed by atoms with E-state index >= 15 is 0 Å². The van der Waals surface area contributed by atoms with Gasteiger partial charge in [0, 0.05) is 15.7 Å². The maximum atomic E-state index is 12.2. The second kappa shape index (κ2) is 8.01. The Bertz CT molecular complexity index is 972. The second-order valence-electron chi connectivity index (χ2n) is 5.87. The maximum Gasteiger partial charge on any atom is 0.262 e. The zero-order chi connectivity index (χ0) is 18.5. The number of hydrogen-bond donors (Lipinski definition) is 3. The molecule has 0 aliphatic rings. The summed E-state index contributed by atoms with van der Waals surface area (Å²) in [5.41, 5.74) is 3.85. The highest BCUT2D eigenvalue weighted by Crippen LogP contribution is 2.20. The largest absolute Gasteiger partial charge is 0.507 e. The molecule has 0 fully saturated rings. The van der Waals surface area contributed by atoms with Crippen molar-refractivity contribution in [3.05, 3.63) is 70.7 Å². The topological polar surface area (TPSA) is 73.7 Å². The number of nitrogens with one attached hydrogen (secondary N) is 2. The van der Waals surface area contributed by atoms with Crippen molar-refractivity contribution in [3.63, 3.8) is 0 Å². The number of anilines is 1. The van der Waals surface area contributed by atoms with E-state index in [9.17, 15) is 9.90 Å². The Morgan fingerprint density at radius 1 is 1.12 bits per heavy atom. The van der Waals surface area contributed by atoms with Gasteiger partial charge in [0.05, 0.1) is 6.21 Å². The summed E-state index contributed by atoms with van der Waals surface area (Å²) in [6.45, 7) is 1.76. The lowest BCUT2D eigenvalue weighted by molar-refractivity contribution is -0.121. The van der Waals surface area contributed by atoms with Gasteiger partial charge in [-0.1, -0.05) is 46.3 Å². The lowest BCUT2D eigenvalue weighted by atomic mass is 10.1. The van der Waals surface area contributed by atoms with Gasteiger partial charge in [0.15, 0.2) is 0 Å². The summed E-state index contributed by atoms with van der Waals surface area (Å²) < 4.78 is 0.814. The number of rotatable bonds is 5. The third-order valence-corrected chi connectivity index (χ3v) is 4.39. The normalized spacial score (nSPS) is 12.2. The minimum absolute atomic E-state index is 0.0912. The van der Waals surface area contributed by atoms with Crippen LogP contribution in [0, 0.1) is 0 Å². The molecule has 0 heterocycles. The van der Waals surface area contributed by atoms with Crippen molar-refractivity contribution in [1.29, 1.82) is 0 Å². The van der Waals surface area contributed by atoms with Gasteiger partial charge in [0.1, 0.15) is 11.8 Å². The van der Waals surface area contributed by atoms with Gasteiger partial charge < -0.3 is 10.4 Å². The van der Waals surface area contributed by atoms with Gasteiger partial charge in [0.2, 0.25) is 0 Å². The van der Waals surface area contributed by atoms with Gasteiger partial charge in [-0.05, 0) is 48.0 Å². The molecule has 3 N–H and O–H groups in total. The predicted octanol–water partition coefficient (Wildman–Crippen LogP) is 4.26. The molecule has 5 nitrogen and oxygen atoms in total. The summed E-state index contributed by atoms with van der Waals surface area (Å²) in [6, 6.07) is 18.5. The summed E-state index contributed by atoms with van der Waals surface area (Å²) in [4.78, 5) is 12.2. The Morgan fingerprint density at radius 2 is 1.88 bits per heavy atom. The number of carbonyl (C=O) groups excluding carboxylic acids is 1. The highest BCUT2D eigenvalue weighted by Gasteiger charge is 2.12. The van der Waals surface area contributed by atoms with E-state index in [-0.39, 0.29) is 11.7 Å². The van der Waals surface area contributed by atoms with Crippen LogP contribution in [0.2, 0.25) is 0 Å². The molecule has 0 aliphatic carbocycles. The van der Waals surface area contributed by atoms with Crippen LogP contribution in [0.1, 0.15) is 12.5 Å². The van der Waals surface area contributed by atoms with E-state index in [1.54, 1.807) is 25.1 Å². The molecule has 0 saturated carbocycles. The van der Waals surface area contributed by atoms with Crippen LogP contribution in [0.4, 0.5) is 5.69 Å². The molecule has 6 heteroatoms. The van der Waals surface area contributed by atoms with Gasteiger partial charge in [-0.25, -0.2) is 5.43 Å². The molecule has 0 unspecified atom stereocenters. The molecule has 132 valence electrons. The van der Waals surface area contributed by atoms with E-state index in [1.165, 1.54) is 6.21 Å². The second-order valence-corrected chi connectivity index (χ2v) is 6.78. The van der Waals surface area contributed by atoms with Gasteiger partial charge in [-0.2, -0.15) is 5.10 Å². The number of fused-ring (bicyclic) bond motifs is 1. The fraction of sp³-hybridized carbons (Fsp3) is 0.100. The summed E-state index contributed by atoms with van der Waals surface area (Å²) in [7, 11) is 0. The van der Waals surface area contributed by atoms with E-state index in [0.717, 1.165) is 20.9 Å². The predicted molar refractivity (Wildman–Crippen MR) is 109 cm³/mol. The average Bonchev–Trinajstić information content (AvgIpc) is 2.64. The van der Waals surface area contributed by atoms with Crippen molar-refractivity contribution in [2.45, 2.75) is 13.0 Å². The smallest absolute Gasteiger partial charge is 0.262 e. The number of phenols is 1. The highest BCUT2D eigenvalue weighted by atomic mass is 79.9. The zero-order valence-corrected chi connectivity index (χ0v) is 15.7. The molecule has 0 spiro atoms. The van der Waals surface area contributed by atoms with Gasteiger partial charge in [-0.3, -0.25) is 4.79 Å². The van der Waals surface area contributed by atoms with Crippen LogP contribution in [0.3, 0.4) is 0 Å². The lowest BCUT2D eigenvalue weighted by Gasteiger charge is -2.14. The van der Waals surface area contributed by atoms with Crippen LogP contribution >= 0.6 is 15.9 Å². The Morgan fingerprint density at radius 3 is 2.69 bits per heavy atom. The van der Waals surface area contributed by atoms with Crippen molar-refractivity contribution in [3.8, 4) is 5.75 Å². The maximum absolute atomic E-state index is 12.2. The van der Waals surface area contributed by atoms with Crippen LogP contribution in [0.15, 0.2) is 70.2 Å². The number of amides is 1. The first-order chi connectivity index (χ1) is 12.5. The van der Waals surface area contributed by atoms with Crippen LogP contribution in [-0.2, 0) is 4.79 Å². The molecular formula is C20H18BrN3O2. The molecule has 0 aromatic heterocycles. The van der Waals surface area contributed by atoms with Crippen molar-refractivity contribution >= 4 is 44.5 Å². The number of carbonyl (C=O) groups is 1. The molecule has 0 saturated heterocycles. The van der Waals surface area contributed by atoms with Crippen molar-refractivity contribution in [1.82, 2.24) is 5.43 Å². The zero-order valence-electron chi connectivity index (χ0n) is 14.1. The van der Waals surface area contributed by atoms with E-state index in [2.05, 4.69) is 31.8 Å². The van der Waals surface area contributed by atoms with Crippen LogP contribution in [0.5, 0.6) is 5.75 Å². The van der Waals surface area contributed by atoms with Gasteiger partial charge in [-0.15, -0.1) is 0 Å². The SMILES string of the molecule is C[C@@H](Nc1ccc2ccccc2c1)C(=O)N/N=C/c1cc(Br)ccc1O. The molecule has 3 aromatic carbocycles. The molecular weight excluding hydrogens is 394 g/mol. The molecule has 3 aromatic rings. The molecule has 0 radical (unpaired) electrons. The number of phenolic OH excluding ortho intramolecular Hbond substituents is 1. The van der Waals surface area contributed by atoms with E-state index in [0.29, 0.717) is 5.56 Å². The van der Waals surface area contributed by atoms with Crippen molar-refractivity contribution < 1.29 is 9.90 Å². The summed E-state index contributed by atoms with van der Waals surface area (Å²) in [6.07, 6.45) is 1.40. The Hall–Kier alpha value is -2.86. The number of benzene rings is 3. The third-order valence-electron chi connectivity index (χ3n) is 3.89. The monoisotopic (exact) mass is 411 g/mol. The fourth-order valence-electron chi connectivity index (χ4n) is 2.49. The Balaban J connectivity index is 1.61. The summed E-state index contributed by atoms with van der Waals surface area (Å²) in [5.74, 6) is -0.183. The average molecular weight is 412 g/mol. The standard InChI is InChI=1S/C20H18BrN3O2/c1-13(23-18-8-6-14-4-2-3-5-15(14)11-18)20(26)24-22-12-16-10-17(21)7-9-19(16)25/h2-13,23,25H,1H3,(H,24,26)/b22-12+/t13-/m1/s1. The molecule has 3 rings (SSSR count). The fourth-order valence-corrected chi connectivity index (χ4v) is 2.86. The van der Waals surface area contributed by atoms with E-state index < -0.39 is 6.04 Å². The number of aromatic hydroxyl groups is 1. The summed E-state index contributed by atoms with van der Waals surface area (Å²) in [5, 5.41) is 19.1. The number of halogens is 1. The van der Waals surface area contributed by atoms with Gasteiger partial charge >= 0.3 is 0 Å². The van der Waals surface area contributed by atoms with E-state index in [1.807, 2.05) is 42.5 Å². The molecule has 26 heavy (non-hydrogen) atoms. The molecule has 0 bridgehead atoms. The Kier molecular flexibility index (Phi) is 5.53. The third kappa shape index (κ3) is 4.40. The van der Waals surface area contributed by atoms with Crippen LogP contribution < -0.4 is 10.7 Å². The van der Waals surface area contributed by atoms with E-state index in [4.69, 9.17) is 0 Å². The van der Waals surface area contributed by atoms with Crippen molar-refractivity contribution in [2.75, 3.05) is 5.32 Å². The quantitative estimate of drug-likeness (QED) is 0.433. The minimum atomic E-state index is -0.468. The molecule has 0 aliphatic heterocycles. The summed E-state index contributed by atoms with van der Waals surface area (Å²) >= 11 is 3.32. The van der Waals surface area contributed by atoms with Crippen molar-refractivity contribution in [2.24, 2.45) is 5.10 Å². The molecule has 1 amide bonds.